The number of carboxylic acid groups (broad SMARTS) is 1. The number of rotatable bonds is 6. The first-order valence-corrected chi connectivity index (χ1v) is 8.04. The van der Waals surface area contributed by atoms with Gasteiger partial charge in [-0.05, 0) is 30.5 Å². The Morgan fingerprint density at radius 3 is 2.39 bits per heavy atom. The van der Waals surface area contributed by atoms with Crippen LogP contribution in [0.4, 0.5) is 5.69 Å². The maximum Gasteiger partial charge on any atom is 0.231 e. The average Bonchev–Trinajstić information content (AvgIpc) is 3.15. The van der Waals surface area contributed by atoms with Crippen molar-refractivity contribution in [1.82, 2.24) is 0 Å². The van der Waals surface area contributed by atoms with E-state index in [0.29, 0.717) is 5.69 Å². The summed E-state index contributed by atoms with van der Waals surface area (Å²) in [4.78, 5) is 23.8. The molecule has 1 aromatic rings. The van der Waals surface area contributed by atoms with Gasteiger partial charge in [-0.3, -0.25) is 4.79 Å². The molecule has 1 fully saturated rings. The van der Waals surface area contributed by atoms with Crippen LogP contribution in [0.2, 0.25) is 0 Å². The highest BCUT2D eigenvalue weighted by atomic mass is 16.5. The summed E-state index contributed by atoms with van der Waals surface area (Å²) in [6, 6.07) is 7.67. The van der Waals surface area contributed by atoms with Gasteiger partial charge >= 0.3 is 0 Å². The van der Waals surface area contributed by atoms with Crippen molar-refractivity contribution in [2.24, 2.45) is 11.8 Å². The predicted molar refractivity (Wildman–Crippen MR) is 83.5 cm³/mol. The monoisotopic (exact) mass is 314 g/mol. The van der Waals surface area contributed by atoms with E-state index in [-0.39, 0.29) is 5.91 Å². The van der Waals surface area contributed by atoms with Crippen LogP contribution in [0.5, 0.6) is 0 Å². The van der Waals surface area contributed by atoms with E-state index in [0.717, 1.165) is 19.3 Å². The Morgan fingerprint density at radius 1 is 1.13 bits per heavy atom. The number of ether oxygens (including phenoxy) is 1. The summed E-state index contributed by atoms with van der Waals surface area (Å²) in [6.45, 7) is 2.15. The number of hydrogen-bond acceptors (Lipinski definition) is 4. The second-order valence-electron chi connectivity index (χ2n) is 6.11. The zero-order valence-electron chi connectivity index (χ0n) is 13.0. The fourth-order valence-electron chi connectivity index (χ4n) is 3.26. The lowest BCUT2D eigenvalue weighted by Gasteiger charge is -2.25. The van der Waals surface area contributed by atoms with Crippen LogP contribution in [0.1, 0.15) is 25.3 Å². The highest BCUT2D eigenvalue weighted by Crippen LogP contribution is 2.39. The number of carbonyl (C=O) groups is 2. The Kier molecular flexibility index (Phi) is 4.48. The molecule has 0 aliphatic carbocycles. The minimum Gasteiger partial charge on any atom is -0.550 e. The molecule has 3 rings (SSSR count). The van der Waals surface area contributed by atoms with E-state index in [4.69, 9.17) is 4.74 Å². The third kappa shape index (κ3) is 3.15. The number of benzene rings is 1. The van der Waals surface area contributed by atoms with E-state index < -0.39 is 30.0 Å². The van der Waals surface area contributed by atoms with Crippen LogP contribution in [0.15, 0.2) is 36.4 Å². The molecule has 5 nitrogen and oxygen atoms in total. The lowest BCUT2D eigenvalue weighted by atomic mass is 9.82. The molecule has 122 valence electrons. The summed E-state index contributed by atoms with van der Waals surface area (Å²) in [5.74, 6) is -3.24. The Hall–Kier alpha value is -2.14. The second-order valence-corrected chi connectivity index (χ2v) is 6.11. The van der Waals surface area contributed by atoms with Crippen molar-refractivity contribution in [1.29, 1.82) is 0 Å². The standard InChI is InChI=1S/C18H21NO4/c1-2-3-4-11-5-7-12(8-6-11)19-17(20)15-13-9-10-14(23-13)16(15)18(21)22/h5-10,13-16H,2-4H2,1H3,(H,19,20)(H,21,22)/p-1/t13-,14+,15-,16+/m1/s1. The number of carboxylic acids is 1. The largest absolute Gasteiger partial charge is 0.550 e. The summed E-state index contributed by atoms with van der Waals surface area (Å²) >= 11 is 0. The molecule has 0 spiro atoms. The third-order valence-electron chi connectivity index (χ3n) is 4.51. The number of carbonyl (C=O) groups excluding carboxylic acids is 2. The Labute approximate surface area is 135 Å². The van der Waals surface area contributed by atoms with Crippen molar-refractivity contribution < 1.29 is 19.4 Å². The summed E-state index contributed by atoms with van der Waals surface area (Å²) in [5.41, 5.74) is 1.89. The molecule has 0 aromatic heterocycles. The minimum atomic E-state index is -1.24. The number of unbranched alkanes of at least 4 members (excludes halogenated alkanes) is 1. The van der Waals surface area contributed by atoms with Gasteiger partial charge in [-0.1, -0.05) is 37.6 Å². The zero-order valence-corrected chi connectivity index (χ0v) is 13.0. The van der Waals surface area contributed by atoms with E-state index in [1.165, 1.54) is 5.56 Å². The Balaban J connectivity index is 1.67. The fourth-order valence-corrected chi connectivity index (χ4v) is 3.26. The van der Waals surface area contributed by atoms with Crippen molar-refractivity contribution >= 4 is 17.6 Å². The molecule has 0 radical (unpaired) electrons. The van der Waals surface area contributed by atoms with Crippen LogP contribution >= 0.6 is 0 Å². The quantitative estimate of drug-likeness (QED) is 0.803. The first kappa shape index (κ1) is 15.7. The number of aliphatic carboxylic acids is 1. The van der Waals surface area contributed by atoms with E-state index in [1.807, 2.05) is 24.3 Å². The van der Waals surface area contributed by atoms with Crippen LogP contribution in [-0.4, -0.2) is 24.1 Å². The molecule has 0 unspecified atom stereocenters. The highest BCUT2D eigenvalue weighted by molar-refractivity contribution is 5.96. The second kappa shape index (κ2) is 6.54. The van der Waals surface area contributed by atoms with Gasteiger partial charge in [0.2, 0.25) is 5.91 Å². The Bertz CT molecular complexity index is 622. The van der Waals surface area contributed by atoms with Crippen LogP contribution in [0.3, 0.4) is 0 Å². The first-order valence-electron chi connectivity index (χ1n) is 8.04. The predicted octanol–water partition coefficient (Wildman–Crippen LogP) is 1.29. The lowest BCUT2D eigenvalue weighted by Crippen LogP contribution is -2.45. The molecule has 1 amide bonds. The molecule has 23 heavy (non-hydrogen) atoms. The highest BCUT2D eigenvalue weighted by Gasteiger charge is 2.50. The molecular formula is C18H20NO4-. The van der Waals surface area contributed by atoms with Gasteiger partial charge < -0.3 is 20.0 Å². The summed E-state index contributed by atoms with van der Waals surface area (Å²) in [7, 11) is 0. The van der Waals surface area contributed by atoms with Crippen LogP contribution < -0.4 is 10.4 Å². The topological polar surface area (TPSA) is 78.5 Å². The van der Waals surface area contributed by atoms with Crippen molar-refractivity contribution in [3.05, 3.63) is 42.0 Å². The van der Waals surface area contributed by atoms with Crippen LogP contribution in [-0.2, 0) is 20.7 Å². The number of amides is 1. The number of aryl methyl sites for hydroxylation is 1. The summed E-state index contributed by atoms with van der Waals surface area (Å²) in [6.07, 6.45) is 5.69. The molecule has 2 aliphatic rings. The Morgan fingerprint density at radius 2 is 1.78 bits per heavy atom. The van der Waals surface area contributed by atoms with E-state index in [1.54, 1.807) is 12.2 Å². The fraction of sp³-hybridized carbons (Fsp3) is 0.444. The van der Waals surface area contributed by atoms with Crippen molar-refractivity contribution in [3.63, 3.8) is 0 Å². The molecule has 1 saturated heterocycles. The zero-order chi connectivity index (χ0) is 16.4. The maximum atomic E-state index is 12.5. The van der Waals surface area contributed by atoms with Gasteiger partial charge in [0.25, 0.3) is 0 Å². The van der Waals surface area contributed by atoms with Gasteiger partial charge in [0.05, 0.1) is 18.1 Å². The third-order valence-corrected chi connectivity index (χ3v) is 4.51. The van der Waals surface area contributed by atoms with Crippen molar-refractivity contribution in [2.75, 3.05) is 5.32 Å². The van der Waals surface area contributed by atoms with Crippen LogP contribution in [0, 0.1) is 11.8 Å². The molecule has 5 heteroatoms. The van der Waals surface area contributed by atoms with E-state index in [9.17, 15) is 14.7 Å². The molecule has 2 bridgehead atoms. The van der Waals surface area contributed by atoms with Crippen molar-refractivity contribution in [3.8, 4) is 0 Å². The smallest absolute Gasteiger partial charge is 0.231 e. The summed E-state index contributed by atoms with van der Waals surface area (Å²) < 4.78 is 5.49. The maximum absolute atomic E-state index is 12.5. The van der Waals surface area contributed by atoms with Gasteiger partial charge in [0, 0.05) is 17.6 Å². The van der Waals surface area contributed by atoms with Gasteiger partial charge in [0.15, 0.2) is 0 Å². The van der Waals surface area contributed by atoms with Gasteiger partial charge in [0.1, 0.15) is 0 Å². The SMILES string of the molecule is CCCCc1ccc(NC(=O)[C@H]2[C@@H](C(=O)[O-])[C@@H]3C=C[C@H]2O3)cc1. The van der Waals surface area contributed by atoms with E-state index >= 15 is 0 Å². The number of anilines is 1. The molecule has 1 aromatic carbocycles. The number of nitrogens with one attached hydrogen (secondary N) is 1. The molecule has 4 atom stereocenters. The number of hydrogen-bond donors (Lipinski definition) is 1. The first-order chi connectivity index (χ1) is 11.1. The average molecular weight is 314 g/mol. The van der Waals surface area contributed by atoms with E-state index in [2.05, 4.69) is 12.2 Å². The minimum absolute atomic E-state index is 0.336. The van der Waals surface area contributed by atoms with Crippen LogP contribution in [0.25, 0.3) is 0 Å². The lowest BCUT2D eigenvalue weighted by molar-refractivity contribution is -0.313. The molecular weight excluding hydrogens is 294 g/mol. The molecule has 0 saturated carbocycles. The van der Waals surface area contributed by atoms with Gasteiger partial charge in [-0.2, -0.15) is 0 Å². The van der Waals surface area contributed by atoms with Gasteiger partial charge in [-0.15, -0.1) is 0 Å². The summed E-state index contributed by atoms with van der Waals surface area (Å²) in [5, 5.41) is 14.1. The van der Waals surface area contributed by atoms with Gasteiger partial charge in [-0.25, -0.2) is 0 Å². The number of fused-ring (bicyclic) bond motifs is 2. The normalized spacial score (nSPS) is 28.0. The molecule has 2 aliphatic heterocycles. The molecule has 2 heterocycles. The van der Waals surface area contributed by atoms with Crippen molar-refractivity contribution in [2.45, 2.75) is 38.4 Å². The molecule has 1 N–H and O–H groups in total.